The van der Waals surface area contributed by atoms with Crippen LogP contribution in [0.15, 0.2) is 0 Å². The zero-order chi connectivity index (χ0) is 14.4. The summed E-state index contributed by atoms with van der Waals surface area (Å²) in [6.45, 7) is 3.99. The van der Waals surface area contributed by atoms with Gasteiger partial charge in [-0.1, -0.05) is 26.7 Å². The molecule has 3 atom stereocenters. The van der Waals surface area contributed by atoms with Crippen LogP contribution in [0.1, 0.15) is 46.0 Å². The average molecular weight is 268 g/mol. The predicted octanol–water partition coefficient (Wildman–Crippen LogP) is 1.01. The van der Waals surface area contributed by atoms with E-state index in [1.54, 1.807) is 0 Å². The molecule has 19 heavy (non-hydrogen) atoms. The molecule has 0 aliphatic heterocycles. The Balaban J connectivity index is 2.63. The number of aldehydes is 1. The first-order valence-electron chi connectivity index (χ1n) is 7.00. The number of carbonyl (C=O) groups is 3. The van der Waals surface area contributed by atoms with Crippen molar-refractivity contribution in [3.05, 3.63) is 0 Å². The SMILES string of the molecule is CC(C)C[C@H](C=O)NC(=O)[C@@H]1CCCC[C@@H]1C(N)=O. The topological polar surface area (TPSA) is 89.3 Å². The minimum Gasteiger partial charge on any atom is -0.369 e. The lowest BCUT2D eigenvalue weighted by molar-refractivity contribution is -0.136. The molecule has 0 aromatic heterocycles. The molecule has 1 aliphatic carbocycles. The van der Waals surface area contributed by atoms with Crippen LogP contribution in [0.2, 0.25) is 0 Å². The van der Waals surface area contributed by atoms with Gasteiger partial charge in [-0.2, -0.15) is 0 Å². The standard InChI is InChI=1S/C14H24N2O3/c1-9(2)7-10(8-17)16-14(19)12-6-4-3-5-11(12)13(15)18/h8-12H,3-7H2,1-2H3,(H2,15,18)(H,16,19)/t10-,11+,12-/m1/s1. The minimum absolute atomic E-state index is 0.207. The van der Waals surface area contributed by atoms with E-state index in [0.717, 1.165) is 19.1 Å². The van der Waals surface area contributed by atoms with E-state index in [1.807, 2.05) is 13.8 Å². The second-order valence-corrected chi connectivity index (χ2v) is 5.78. The van der Waals surface area contributed by atoms with Crippen molar-refractivity contribution in [2.75, 3.05) is 0 Å². The van der Waals surface area contributed by atoms with Crippen LogP contribution in [-0.4, -0.2) is 24.1 Å². The summed E-state index contributed by atoms with van der Waals surface area (Å²) < 4.78 is 0. The Morgan fingerprint density at radius 1 is 1.26 bits per heavy atom. The van der Waals surface area contributed by atoms with Gasteiger partial charge < -0.3 is 15.8 Å². The molecular formula is C14H24N2O3. The molecule has 0 spiro atoms. The Morgan fingerprint density at radius 2 is 1.84 bits per heavy atom. The van der Waals surface area contributed by atoms with Crippen LogP contribution >= 0.6 is 0 Å². The number of primary amides is 1. The Morgan fingerprint density at radius 3 is 2.32 bits per heavy atom. The molecule has 0 saturated heterocycles. The zero-order valence-electron chi connectivity index (χ0n) is 11.7. The van der Waals surface area contributed by atoms with Crippen LogP contribution in [0.4, 0.5) is 0 Å². The number of hydrogen-bond donors (Lipinski definition) is 2. The molecular weight excluding hydrogens is 244 g/mol. The van der Waals surface area contributed by atoms with Crippen molar-refractivity contribution < 1.29 is 14.4 Å². The fourth-order valence-electron chi connectivity index (χ4n) is 2.73. The van der Waals surface area contributed by atoms with Crippen LogP contribution in [-0.2, 0) is 14.4 Å². The molecule has 5 nitrogen and oxygen atoms in total. The Bertz CT molecular complexity index is 342. The van der Waals surface area contributed by atoms with Gasteiger partial charge in [0.15, 0.2) is 0 Å². The Labute approximate surface area is 114 Å². The maximum atomic E-state index is 12.2. The molecule has 0 heterocycles. The van der Waals surface area contributed by atoms with Crippen molar-refractivity contribution in [1.29, 1.82) is 0 Å². The Kier molecular flexibility index (Phi) is 5.99. The van der Waals surface area contributed by atoms with Crippen LogP contribution in [0.3, 0.4) is 0 Å². The monoisotopic (exact) mass is 268 g/mol. The number of nitrogens with one attached hydrogen (secondary N) is 1. The molecule has 2 amide bonds. The van der Waals surface area contributed by atoms with Gasteiger partial charge in [-0.15, -0.1) is 0 Å². The van der Waals surface area contributed by atoms with Crippen molar-refractivity contribution in [2.24, 2.45) is 23.5 Å². The van der Waals surface area contributed by atoms with Crippen molar-refractivity contribution in [3.8, 4) is 0 Å². The lowest BCUT2D eigenvalue weighted by atomic mass is 9.78. The first-order valence-corrected chi connectivity index (χ1v) is 7.00. The third-order valence-corrected chi connectivity index (χ3v) is 3.69. The van der Waals surface area contributed by atoms with E-state index >= 15 is 0 Å². The van der Waals surface area contributed by atoms with Gasteiger partial charge in [0, 0.05) is 11.8 Å². The number of amides is 2. The molecule has 1 fully saturated rings. The molecule has 0 aromatic rings. The number of hydrogen-bond acceptors (Lipinski definition) is 3. The average Bonchev–Trinajstić information content (AvgIpc) is 2.37. The van der Waals surface area contributed by atoms with Crippen molar-refractivity contribution in [1.82, 2.24) is 5.32 Å². The highest BCUT2D eigenvalue weighted by Gasteiger charge is 2.35. The number of carbonyl (C=O) groups excluding carboxylic acids is 3. The van der Waals surface area contributed by atoms with Gasteiger partial charge >= 0.3 is 0 Å². The minimum atomic E-state index is -0.469. The highest BCUT2D eigenvalue weighted by molar-refractivity contribution is 5.88. The van der Waals surface area contributed by atoms with Gasteiger partial charge in [0.05, 0.1) is 6.04 Å². The summed E-state index contributed by atoms with van der Waals surface area (Å²) in [5.41, 5.74) is 5.35. The van der Waals surface area contributed by atoms with E-state index in [9.17, 15) is 14.4 Å². The van der Waals surface area contributed by atoms with Crippen LogP contribution in [0, 0.1) is 17.8 Å². The van der Waals surface area contributed by atoms with E-state index in [0.29, 0.717) is 25.2 Å². The maximum absolute atomic E-state index is 12.2. The third kappa shape index (κ3) is 4.65. The first-order chi connectivity index (χ1) is 8.95. The van der Waals surface area contributed by atoms with Gasteiger partial charge in [-0.3, -0.25) is 9.59 Å². The molecule has 3 N–H and O–H groups in total. The molecule has 1 rings (SSSR count). The predicted molar refractivity (Wildman–Crippen MR) is 72.1 cm³/mol. The summed E-state index contributed by atoms with van der Waals surface area (Å²) in [6, 6.07) is -0.469. The zero-order valence-corrected chi connectivity index (χ0v) is 11.7. The summed E-state index contributed by atoms with van der Waals surface area (Å²) in [7, 11) is 0. The van der Waals surface area contributed by atoms with Gasteiger partial charge in [0.2, 0.25) is 11.8 Å². The molecule has 0 radical (unpaired) electrons. The fraction of sp³-hybridized carbons (Fsp3) is 0.786. The van der Waals surface area contributed by atoms with E-state index in [2.05, 4.69) is 5.32 Å². The van der Waals surface area contributed by atoms with Gasteiger partial charge in [0.25, 0.3) is 0 Å². The number of rotatable bonds is 6. The lowest BCUT2D eigenvalue weighted by Crippen LogP contribution is -2.46. The molecule has 108 valence electrons. The molecule has 0 aromatic carbocycles. The quantitative estimate of drug-likeness (QED) is 0.704. The molecule has 1 saturated carbocycles. The summed E-state index contributed by atoms with van der Waals surface area (Å²) in [5, 5.41) is 2.74. The summed E-state index contributed by atoms with van der Waals surface area (Å²) in [6.07, 6.45) is 4.58. The molecule has 0 unspecified atom stereocenters. The first kappa shape index (κ1) is 15.7. The van der Waals surface area contributed by atoms with Crippen LogP contribution in [0.25, 0.3) is 0 Å². The van der Waals surface area contributed by atoms with Crippen molar-refractivity contribution in [3.63, 3.8) is 0 Å². The molecule has 1 aliphatic rings. The molecule has 5 heteroatoms. The fourth-order valence-corrected chi connectivity index (χ4v) is 2.73. The lowest BCUT2D eigenvalue weighted by Gasteiger charge is -2.29. The summed E-state index contributed by atoms with van der Waals surface area (Å²) in [5.74, 6) is -1.05. The highest BCUT2D eigenvalue weighted by Crippen LogP contribution is 2.30. The molecule has 0 bridgehead atoms. The van der Waals surface area contributed by atoms with Crippen LogP contribution in [0.5, 0.6) is 0 Å². The number of nitrogens with two attached hydrogens (primary N) is 1. The maximum Gasteiger partial charge on any atom is 0.224 e. The van der Waals surface area contributed by atoms with Crippen molar-refractivity contribution in [2.45, 2.75) is 52.0 Å². The second-order valence-electron chi connectivity index (χ2n) is 5.78. The van der Waals surface area contributed by atoms with Crippen molar-refractivity contribution >= 4 is 18.1 Å². The second kappa shape index (κ2) is 7.26. The van der Waals surface area contributed by atoms with E-state index in [-0.39, 0.29) is 17.7 Å². The highest BCUT2D eigenvalue weighted by atomic mass is 16.2. The van der Waals surface area contributed by atoms with E-state index in [4.69, 9.17) is 5.73 Å². The van der Waals surface area contributed by atoms with Gasteiger partial charge in [-0.25, -0.2) is 0 Å². The van der Waals surface area contributed by atoms with Gasteiger partial charge in [0.1, 0.15) is 6.29 Å². The smallest absolute Gasteiger partial charge is 0.224 e. The third-order valence-electron chi connectivity index (χ3n) is 3.69. The summed E-state index contributed by atoms with van der Waals surface area (Å²) >= 11 is 0. The van der Waals surface area contributed by atoms with Gasteiger partial charge in [-0.05, 0) is 25.2 Å². The largest absolute Gasteiger partial charge is 0.369 e. The van der Waals surface area contributed by atoms with E-state index in [1.165, 1.54) is 0 Å². The Hall–Kier alpha value is -1.39. The van der Waals surface area contributed by atoms with Crippen LogP contribution < -0.4 is 11.1 Å². The van der Waals surface area contributed by atoms with E-state index < -0.39 is 11.9 Å². The summed E-state index contributed by atoms with van der Waals surface area (Å²) in [4.78, 5) is 34.5. The normalized spacial score (nSPS) is 24.8.